The van der Waals surface area contributed by atoms with Crippen molar-refractivity contribution in [1.82, 2.24) is 5.32 Å². The number of aromatic hydroxyl groups is 4. The minimum Gasteiger partial charge on any atom is -0.508 e. The smallest absolute Gasteiger partial charge is 0.338 e. The summed E-state index contributed by atoms with van der Waals surface area (Å²) in [6.45, 7) is 0.423. The first-order valence-corrected chi connectivity index (χ1v) is 12.5. The van der Waals surface area contributed by atoms with E-state index in [9.17, 15) is 39.6 Å². The summed E-state index contributed by atoms with van der Waals surface area (Å²) < 4.78 is 15.8. The van der Waals surface area contributed by atoms with E-state index in [0.717, 1.165) is 25.3 Å². The van der Waals surface area contributed by atoms with Crippen LogP contribution in [-0.4, -0.2) is 76.5 Å². The van der Waals surface area contributed by atoms with E-state index in [2.05, 4.69) is 10.1 Å². The third-order valence-corrected chi connectivity index (χ3v) is 6.46. The van der Waals surface area contributed by atoms with Crippen molar-refractivity contribution in [3.63, 3.8) is 0 Å². The highest BCUT2D eigenvalue weighted by Crippen LogP contribution is 2.35. The molecular weight excluding hydrogens is 538 g/mol. The van der Waals surface area contributed by atoms with E-state index in [1.54, 1.807) is 0 Å². The van der Waals surface area contributed by atoms with Gasteiger partial charge in [-0.3, -0.25) is 9.59 Å². The van der Waals surface area contributed by atoms with Gasteiger partial charge >= 0.3 is 11.9 Å². The summed E-state index contributed by atoms with van der Waals surface area (Å²) in [5, 5.41) is 43.7. The molecule has 0 unspecified atom stereocenters. The zero-order valence-electron chi connectivity index (χ0n) is 21.8. The third-order valence-electron chi connectivity index (χ3n) is 6.46. The summed E-state index contributed by atoms with van der Waals surface area (Å²) in [5.41, 5.74) is -1.49. The quantitative estimate of drug-likeness (QED) is 0.209. The van der Waals surface area contributed by atoms with Gasteiger partial charge in [-0.2, -0.15) is 0 Å². The van der Waals surface area contributed by atoms with Crippen molar-refractivity contribution in [2.75, 3.05) is 20.3 Å². The molecule has 12 nitrogen and oxygen atoms in total. The van der Waals surface area contributed by atoms with E-state index in [0.29, 0.717) is 19.4 Å². The van der Waals surface area contributed by atoms with Gasteiger partial charge in [0.2, 0.25) is 5.78 Å². The minimum absolute atomic E-state index is 0.00476. The number of amides is 1. The van der Waals surface area contributed by atoms with Gasteiger partial charge in [-0.05, 0) is 61.4 Å². The highest BCUT2D eigenvalue weighted by atomic mass is 16.5. The standard InChI is InChI=1S/C29H27NO11/c1-39-29(38)18-4-2-5-20(32)24(18)26(35)25-21(33)12-16(13-22(25)34)28(37)41-23-6-3-11-40-14-19(23)30-27(36)15-7-9-17(31)10-8-15/h2,4-5,7-10,12-13,19,23,31-34H,3,6,11,14H2,1H3,(H,30,36)/t19-,23-/m0/s1. The van der Waals surface area contributed by atoms with Crippen molar-refractivity contribution >= 4 is 23.6 Å². The summed E-state index contributed by atoms with van der Waals surface area (Å²) in [6.07, 6.45) is 0.0292. The second-order valence-corrected chi connectivity index (χ2v) is 9.20. The number of benzene rings is 3. The molecule has 1 heterocycles. The number of ether oxygens (including phenoxy) is 3. The van der Waals surface area contributed by atoms with E-state index >= 15 is 0 Å². The SMILES string of the molecule is COC(=O)c1cccc(O)c1C(=O)c1c(O)cc(C(=O)O[C@H]2CCCOC[C@@H]2NC(=O)c2ccc(O)cc2)cc1O. The normalized spacial score (nSPS) is 16.7. The maximum atomic E-state index is 13.2. The lowest BCUT2D eigenvalue weighted by Gasteiger charge is -2.25. The predicted molar refractivity (Wildman–Crippen MR) is 141 cm³/mol. The van der Waals surface area contributed by atoms with Gasteiger partial charge in [0, 0.05) is 12.2 Å². The third kappa shape index (κ3) is 6.39. The van der Waals surface area contributed by atoms with Gasteiger partial charge in [-0.1, -0.05) is 6.07 Å². The molecule has 1 saturated heterocycles. The summed E-state index contributed by atoms with van der Waals surface area (Å²) in [7, 11) is 1.08. The summed E-state index contributed by atoms with van der Waals surface area (Å²) >= 11 is 0. The van der Waals surface area contributed by atoms with Crippen LogP contribution in [0.3, 0.4) is 0 Å². The number of methoxy groups -OCH3 is 1. The van der Waals surface area contributed by atoms with Crippen molar-refractivity contribution in [2.24, 2.45) is 0 Å². The van der Waals surface area contributed by atoms with Crippen LogP contribution in [0.5, 0.6) is 23.0 Å². The van der Waals surface area contributed by atoms with Crippen LogP contribution in [0.25, 0.3) is 0 Å². The Balaban J connectivity index is 1.56. The number of hydrogen-bond acceptors (Lipinski definition) is 11. The molecule has 12 heteroatoms. The van der Waals surface area contributed by atoms with Crippen LogP contribution < -0.4 is 5.32 Å². The highest BCUT2D eigenvalue weighted by molar-refractivity contribution is 6.18. The Morgan fingerprint density at radius 2 is 1.54 bits per heavy atom. The summed E-state index contributed by atoms with van der Waals surface area (Å²) in [5.74, 6) is -5.64. The topological polar surface area (TPSA) is 189 Å². The lowest BCUT2D eigenvalue weighted by atomic mass is 9.95. The van der Waals surface area contributed by atoms with Crippen LogP contribution >= 0.6 is 0 Å². The average molecular weight is 566 g/mol. The summed E-state index contributed by atoms with van der Waals surface area (Å²) in [6, 6.07) is 10.4. The number of carbonyl (C=O) groups is 4. The second-order valence-electron chi connectivity index (χ2n) is 9.20. The van der Waals surface area contributed by atoms with Gasteiger partial charge < -0.3 is 40.0 Å². The van der Waals surface area contributed by atoms with E-state index < -0.39 is 64.2 Å². The molecular formula is C29H27NO11. The van der Waals surface area contributed by atoms with Crippen LogP contribution in [0.2, 0.25) is 0 Å². The average Bonchev–Trinajstić information content (AvgIpc) is 3.16. The fourth-order valence-corrected chi connectivity index (χ4v) is 4.40. The largest absolute Gasteiger partial charge is 0.508 e. The molecule has 3 aromatic rings. The van der Waals surface area contributed by atoms with E-state index in [-0.39, 0.29) is 29.0 Å². The predicted octanol–water partition coefficient (Wildman–Crippen LogP) is 2.66. The molecule has 3 aromatic carbocycles. The minimum atomic E-state index is -1.09. The molecule has 2 atom stereocenters. The van der Waals surface area contributed by atoms with Gasteiger partial charge in [-0.25, -0.2) is 9.59 Å². The first-order chi connectivity index (χ1) is 19.6. The molecule has 0 radical (unpaired) electrons. The van der Waals surface area contributed by atoms with Gasteiger partial charge in [-0.15, -0.1) is 0 Å². The van der Waals surface area contributed by atoms with Crippen molar-refractivity contribution in [3.8, 4) is 23.0 Å². The van der Waals surface area contributed by atoms with Crippen molar-refractivity contribution in [2.45, 2.75) is 25.0 Å². The number of phenols is 4. The number of ketones is 1. The lowest BCUT2D eigenvalue weighted by Crippen LogP contribution is -2.47. The Labute approximate surface area is 233 Å². The second kappa shape index (κ2) is 12.4. The molecule has 0 aromatic heterocycles. The Hall–Kier alpha value is -5.10. The number of carbonyl (C=O) groups excluding carboxylic acids is 4. The van der Waals surface area contributed by atoms with Crippen LogP contribution in [0, 0.1) is 0 Å². The van der Waals surface area contributed by atoms with Crippen molar-refractivity contribution < 1.29 is 53.8 Å². The number of nitrogens with one attached hydrogen (secondary N) is 1. The van der Waals surface area contributed by atoms with E-state index in [1.807, 2.05) is 0 Å². The zero-order chi connectivity index (χ0) is 29.7. The summed E-state index contributed by atoms with van der Waals surface area (Å²) in [4.78, 5) is 51.1. The monoisotopic (exact) mass is 565 g/mol. The molecule has 1 fully saturated rings. The number of phenolic OH excluding ortho intramolecular Hbond substituents is 4. The van der Waals surface area contributed by atoms with Gasteiger partial charge in [0.15, 0.2) is 0 Å². The van der Waals surface area contributed by atoms with Crippen molar-refractivity contribution in [3.05, 3.63) is 82.4 Å². The number of hydrogen-bond donors (Lipinski definition) is 5. The molecule has 214 valence electrons. The molecule has 0 saturated carbocycles. The van der Waals surface area contributed by atoms with Crippen LogP contribution in [-0.2, 0) is 14.2 Å². The molecule has 0 bridgehead atoms. The van der Waals surface area contributed by atoms with Crippen molar-refractivity contribution in [1.29, 1.82) is 0 Å². The molecule has 1 aliphatic heterocycles. The molecule has 1 amide bonds. The maximum Gasteiger partial charge on any atom is 0.338 e. The molecule has 4 rings (SSSR count). The first kappa shape index (κ1) is 28.9. The van der Waals surface area contributed by atoms with E-state index in [1.165, 1.54) is 36.4 Å². The maximum absolute atomic E-state index is 13.2. The first-order valence-electron chi connectivity index (χ1n) is 12.5. The Kier molecular flexibility index (Phi) is 8.73. The fourth-order valence-electron chi connectivity index (χ4n) is 4.40. The van der Waals surface area contributed by atoms with Crippen LogP contribution in [0.4, 0.5) is 0 Å². The Bertz CT molecular complexity index is 1460. The van der Waals surface area contributed by atoms with Gasteiger partial charge in [0.25, 0.3) is 5.91 Å². The molecule has 0 spiro atoms. The molecule has 5 N–H and O–H groups in total. The van der Waals surface area contributed by atoms with E-state index in [4.69, 9.17) is 9.47 Å². The van der Waals surface area contributed by atoms with Crippen LogP contribution in [0.1, 0.15) is 59.8 Å². The highest BCUT2D eigenvalue weighted by Gasteiger charge is 2.32. The number of esters is 2. The Morgan fingerprint density at radius 3 is 2.20 bits per heavy atom. The molecule has 41 heavy (non-hydrogen) atoms. The van der Waals surface area contributed by atoms with Gasteiger partial charge in [0.1, 0.15) is 34.7 Å². The zero-order valence-corrected chi connectivity index (χ0v) is 21.8. The Morgan fingerprint density at radius 1 is 0.854 bits per heavy atom. The molecule has 1 aliphatic rings. The molecule has 0 aliphatic carbocycles. The van der Waals surface area contributed by atoms with Gasteiger partial charge in [0.05, 0.1) is 36.4 Å². The number of rotatable bonds is 7. The van der Waals surface area contributed by atoms with Crippen LogP contribution in [0.15, 0.2) is 54.6 Å². The fraction of sp³-hybridized carbons (Fsp3) is 0.241. The lowest BCUT2D eigenvalue weighted by molar-refractivity contribution is 0.0134.